The van der Waals surface area contributed by atoms with Crippen molar-refractivity contribution in [3.8, 4) is 0 Å². The third-order valence-electron chi connectivity index (χ3n) is 0. The van der Waals surface area contributed by atoms with Gasteiger partial charge >= 0.3 is 84.1 Å². The molecule has 0 saturated heterocycles. The van der Waals surface area contributed by atoms with Crippen LogP contribution in [0.3, 0.4) is 0 Å². The van der Waals surface area contributed by atoms with Gasteiger partial charge in [0, 0.05) is 0 Å². The molecule has 0 atom stereocenters. The first kappa shape index (κ1) is 13.8. The van der Waals surface area contributed by atoms with Gasteiger partial charge in [-0.3, -0.25) is 0 Å². The molecule has 0 aromatic rings. The van der Waals surface area contributed by atoms with Crippen molar-refractivity contribution >= 4 is 68.9 Å². The van der Waals surface area contributed by atoms with Crippen molar-refractivity contribution in [1.82, 2.24) is 0 Å². The summed E-state index contributed by atoms with van der Waals surface area (Å²) in [5, 5.41) is 0. The van der Waals surface area contributed by atoms with Gasteiger partial charge in [0.1, 0.15) is 0 Å². The van der Waals surface area contributed by atoms with E-state index in [2.05, 4.69) is 0 Å². The Morgan fingerprint density at radius 2 is 0.875 bits per heavy atom. The Kier molecular flexibility index (Phi) is 14.5. The summed E-state index contributed by atoms with van der Waals surface area (Å²) in [6.07, 6.45) is 0. The van der Waals surface area contributed by atoms with Crippen LogP contribution in [0.4, 0.5) is 0 Å². The molecule has 8 heavy (non-hydrogen) atoms. The molecule has 0 aromatic carbocycles. The van der Waals surface area contributed by atoms with Gasteiger partial charge in [-0.1, -0.05) is 0 Å². The first-order chi connectivity index (χ1) is 3.41. The Morgan fingerprint density at radius 3 is 0.875 bits per heavy atom. The average Bonchev–Trinajstić information content (AvgIpc) is 1.27. The van der Waals surface area contributed by atoms with Gasteiger partial charge in [0.15, 0.2) is 0 Å². The molecule has 8 heteroatoms. The fourth-order valence-electron chi connectivity index (χ4n) is 0. The second-order valence-corrected chi connectivity index (χ2v) is 38.6. The zero-order valence-electron chi connectivity index (χ0n) is 3.47. The summed E-state index contributed by atoms with van der Waals surface area (Å²) in [6.45, 7) is 0. The fourth-order valence-corrected chi connectivity index (χ4v) is 0. The van der Waals surface area contributed by atoms with Gasteiger partial charge in [0.25, 0.3) is 0 Å². The maximum atomic E-state index is 5.05. The predicted molar refractivity (Wildman–Crippen MR) is 40.9 cm³/mol. The van der Waals surface area contributed by atoms with Crippen molar-refractivity contribution in [2.75, 3.05) is 0 Å². The van der Waals surface area contributed by atoms with E-state index in [9.17, 15) is 0 Å². The third-order valence-corrected chi connectivity index (χ3v) is 0. The molecule has 0 rings (SSSR count). The van der Waals surface area contributed by atoms with E-state index in [-0.39, 0.29) is 0 Å². The van der Waals surface area contributed by atoms with Crippen LogP contribution < -0.4 is 0 Å². The van der Waals surface area contributed by atoms with E-state index >= 15 is 0 Å². The summed E-state index contributed by atoms with van der Waals surface area (Å²) in [7, 11) is 30.1. The molecule has 0 aliphatic heterocycles. The number of rotatable bonds is 0. The summed E-state index contributed by atoms with van der Waals surface area (Å²) < 4.78 is 0. The molecule has 0 aliphatic carbocycles. The van der Waals surface area contributed by atoms with Gasteiger partial charge in [-0.2, -0.15) is 0 Å². The molecular formula is Cl6PbZn. The Hall–Kier alpha value is 3.29. The average molecular weight is 485 g/mol. The second kappa shape index (κ2) is 8.38. The topological polar surface area (TPSA) is 0 Å². The van der Waals surface area contributed by atoms with Gasteiger partial charge in [0.2, 0.25) is 0 Å². The van der Waals surface area contributed by atoms with Crippen molar-refractivity contribution in [2.45, 2.75) is 0 Å². The number of halogens is 6. The van der Waals surface area contributed by atoms with E-state index in [1.807, 2.05) is 0 Å². The summed E-state index contributed by atoms with van der Waals surface area (Å²) >= 11 is -4.32. The first-order valence-corrected chi connectivity index (χ1v) is 28.2. The summed E-state index contributed by atoms with van der Waals surface area (Å²) in [6, 6.07) is 0. The fraction of sp³-hybridized carbons (Fsp3) is 0. The van der Waals surface area contributed by atoms with Crippen LogP contribution in [0.2, 0.25) is 0 Å². The molecule has 0 unspecified atom stereocenters. The Labute approximate surface area is 82.3 Å². The quantitative estimate of drug-likeness (QED) is 0.459. The van der Waals surface area contributed by atoms with E-state index in [4.69, 9.17) is 52.6 Å². The van der Waals surface area contributed by atoms with E-state index in [1.54, 1.807) is 0 Å². The minimum absolute atomic E-state index is 0.931. The number of hydrogen-bond acceptors (Lipinski definition) is 0. The van der Waals surface area contributed by atoms with Crippen LogP contribution in [0, 0.1) is 0 Å². The van der Waals surface area contributed by atoms with Crippen molar-refractivity contribution in [2.24, 2.45) is 0 Å². The molecule has 0 N–H and O–H groups in total. The molecular weight excluding hydrogens is 485 g/mol. The molecule has 0 aliphatic rings. The molecule has 0 amide bonds. The zero-order chi connectivity index (χ0) is 7.21. The maximum absolute atomic E-state index is 5.05. The second-order valence-electron chi connectivity index (χ2n) is 0.530. The monoisotopic (exact) mass is 482 g/mol. The molecule has 0 aromatic heterocycles. The van der Waals surface area contributed by atoms with Crippen molar-refractivity contribution in [1.29, 1.82) is 0 Å². The Bertz CT molecular complexity index is 32.3. The van der Waals surface area contributed by atoms with E-state index in [1.165, 1.54) is 0 Å². The normalized spacial score (nSPS) is 8.75. The van der Waals surface area contributed by atoms with Gasteiger partial charge in [-0.25, -0.2) is 0 Å². The molecule has 48 valence electrons. The molecule has 0 bridgehead atoms. The van der Waals surface area contributed by atoms with Crippen molar-refractivity contribution in [3.63, 3.8) is 0 Å². The van der Waals surface area contributed by atoms with Crippen molar-refractivity contribution < 1.29 is 15.1 Å². The van der Waals surface area contributed by atoms with Crippen LogP contribution >= 0.6 is 52.6 Å². The molecule has 0 radical (unpaired) electrons. The van der Waals surface area contributed by atoms with E-state index < -0.39 is 31.4 Å². The molecule has 0 heterocycles. The molecule has 0 fully saturated rings. The van der Waals surface area contributed by atoms with Crippen molar-refractivity contribution in [3.05, 3.63) is 0 Å². The van der Waals surface area contributed by atoms with Crippen LogP contribution in [-0.2, 0) is 15.1 Å². The van der Waals surface area contributed by atoms with Crippen LogP contribution in [0.25, 0.3) is 0 Å². The molecule has 0 saturated carbocycles. The summed E-state index contributed by atoms with van der Waals surface area (Å²) in [4.78, 5) is 0. The van der Waals surface area contributed by atoms with Crippen LogP contribution in [0.5, 0.6) is 0 Å². The van der Waals surface area contributed by atoms with Gasteiger partial charge in [-0.05, 0) is 0 Å². The van der Waals surface area contributed by atoms with Crippen LogP contribution in [0.1, 0.15) is 0 Å². The van der Waals surface area contributed by atoms with E-state index in [0.29, 0.717) is 0 Å². The van der Waals surface area contributed by atoms with E-state index in [0.717, 1.165) is 0 Å². The SMILES string of the molecule is [Cl][Pb]([Cl])([Cl])[Cl].[Cl][Zn][Cl]. The van der Waals surface area contributed by atoms with Crippen LogP contribution in [0.15, 0.2) is 0 Å². The molecule has 0 spiro atoms. The summed E-state index contributed by atoms with van der Waals surface area (Å²) in [5.41, 5.74) is 0. The molecule has 0 nitrogen and oxygen atoms in total. The van der Waals surface area contributed by atoms with Crippen LogP contribution in [-0.4, -0.2) is 16.3 Å². The van der Waals surface area contributed by atoms with Gasteiger partial charge < -0.3 is 0 Å². The standard InChI is InChI=1S/6ClH.Pb.Zn/h6*1H;;/q;;;;;;+4;+2/p-6. The summed E-state index contributed by atoms with van der Waals surface area (Å²) in [5.74, 6) is 0. The van der Waals surface area contributed by atoms with Gasteiger partial charge in [0.05, 0.1) is 0 Å². The Balaban J connectivity index is 0. The predicted octanol–water partition coefficient (Wildman–Crippen LogP) is 3.75. The Morgan fingerprint density at radius 1 is 0.875 bits per heavy atom. The number of hydrogen-bond donors (Lipinski definition) is 0. The van der Waals surface area contributed by atoms with Gasteiger partial charge in [-0.15, -0.1) is 0 Å². The minimum atomic E-state index is -3.39. The first-order valence-electron chi connectivity index (χ1n) is 1.29. The zero-order valence-corrected chi connectivity index (χ0v) is 14.9. The third kappa shape index (κ3) is 59.1.